The summed E-state index contributed by atoms with van der Waals surface area (Å²) in [5, 5.41) is 0. The van der Waals surface area contributed by atoms with Gasteiger partial charge in [-0.3, -0.25) is 0 Å². The first-order valence-corrected chi connectivity index (χ1v) is 7.97. The Balaban J connectivity index is 2.64. The van der Waals surface area contributed by atoms with Crippen LogP contribution in [0.4, 0.5) is 0 Å². The summed E-state index contributed by atoms with van der Waals surface area (Å²) in [5.74, 6) is 0. The molecule has 2 aromatic rings. The van der Waals surface area contributed by atoms with E-state index in [-0.39, 0.29) is 0 Å². The van der Waals surface area contributed by atoms with Crippen molar-refractivity contribution in [2.75, 3.05) is 0 Å². The van der Waals surface area contributed by atoms with Gasteiger partial charge >= 0.3 is 0 Å². The SMILES string of the molecule is CCc1ccc(CC)c(-c2cc(CC)ccc2CC)c1. The van der Waals surface area contributed by atoms with Crippen molar-refractivity contribution in [3.8, 4) is 11.1 Å². The van der Waals surface area contributed by atoms with E-state index in [9.17, 15) is 0 Å². The highest BCUT2D eigenvalue weighted by Crippen LogP contribution is 2.30. The zero-order chi connectivity index (χ0) is 14.5. The average molecular weight is 266 g/mol. The Morgan fingerprint density at radius 3 is 1.25 bits per heavy atom. The van der Waals surface area contributed by atoms with Crippen molar-refractivity contribution in [2.24, 2.45) is 0 Å². The molecule has 20 heavy (non-hydrogen) atoms. The number of hydrogen-bond donors (Lipinski definition) is 0. The van der Waals surface area contributed by atoms with Crippen molar-refractivity contribution in [1.29, 1.82) is 0 Å². The van der Waals surface area contributed by atoms with Crippen LogP contribution in [0.1, 0.15) is 49.9 Å². The van der Waals surface area contributed by atoms with Crippen LogP contribution in [0.5, 0.6) is 0 Å². The van der Waals surface area contributed by atoms with Crippen LogP contribution in [0, 0.1) is 0 Å². The van der Waals surface area contributed by atoms with E-state index in [2.05, 4.69) is 64.1 Å². The second-order valence-corrected chi connectivity index (χ2v) is 5.40. The van der Waals surface area contributed by atoms with Gasteiger partial charge in [-0.25, -0.2) is 0 Å². The Labute approximate surface area is 123 Å². The minimum absolute atomic E-state index is 1.10. The molecule has 2 aromatic carbocycles. The van der Waals surface area contributed by atoms with Gasteiger partial charge in [0.2, 0.25) is 0 Å². The lowest BCUT2D eigenvalue weighted by molar-refractivity contribution is 1.08. The van der Waals surface area contributed by atoms with E-state index >= 15 is 0 Å². The highest BCUT2D eigenvalue weighted by atomic mass is 14.1. The fraction of sp³-hybridized carbons (Fsp3) is 0.400. The maximum atomic E-state index is 2.40. The predicted molar refractivity (Wildman–Crippen MR) is 89.4 cm³/mol. The Hall–Kier alpha value is -1.56. The molecule has 0 N–H and O–H groups in total. The normalized spacial score (nSPS) is 10.8. The van der Waals surface area contributed by atoms with E-state index in [4.69, 9.17) is 0 Å². The zero-order valence-corrected chi connectivity index (χ0v) is 13.3. The maximum Gasteiger partial charge on any atom is -0.0146 e. The van der Waals surface area contributed by atoms with Crippen LogP contribution in [0.2, 0.25) is 0 Å². The lowest BCUT2D eigenvalue weighted by Gasteiger charge is -2.15. The van der Waals surface area contributed by atoms with Crippen LogP contribution in [-0.4, -0.2) is 0 Å². The molecule has 0 radical (unpaired) electrons. The third-order valence-electron chi connectivity index (χ3n) is 4.22. The summed E-state index contributed by atoms with van der Waals surface area (Å²) in [4.78, 5) is 0. The monoisotopic (exact) mass is 266 g/mol. The van der Waals surface area contributed by atoms with Crippen LogP contribution in [-0.2, 0) is 25.7 Å². The molecule has 0 atom stereocenters. The minimum Gasteiger partial charge on any atom is -0.0613 e. The molecule has 0 aromatic heterocycles. The Morgan fingerprint density at radius 1 is 0.550 bits per heavy atom. The molecular formula is C20H26. The average Bonchev–Trinajstić information content (AvgIpc) is 2.53. The molecule has 0 nitrogen and oxygen atoms in total. The molecule has 0 heterocycles. The van der Waals surface area contributed by atoms with Crippen molar-refractivity contribution in [3.05, 3.63) is 58.7 Å². The largest absolute Gasteiger partial charge is 0.0613 e. The van der Waals surface area contributed by atoms with E-state index in [1.54, 1.807) is 0 Å². The summed E-state index contributed by atoms with van der Waals surface area (Å²) in [6.45, 7) is 8.96. The summed E-state index contributed by atoms with van der Waals surface area (Å²) < 4.78 is 0. The molecule has 2 rings (SSSR count). The second-order valence-electron chi connectivity index (χ2n) is 5.40. The van der Waals surface area contributed by atoms with Crippen molar-refractivity contribution in [2.45, 2.75) is 53.4 Å². The van der Waals surface area contributed by atoms with Crippen LogP contribution in [0.25, 0.3) is 11.1 Å². The molecule has 0 aliphatic carbocycles. The topological polar surface area (TPSA) is 0 Å². The van der Waals surface area contributed by atoms with E-state index < -0.39 is 0 Å². The van der Waals surface area contributed by atoms with Crippen molar-refractivity contribution in [3.63, 3.8) is 0 Å². The van der Waals surface area contributed by atoms with Gasteiger partial charge < -0.3 is 0 Å². The molecule has 0 aliphatic heterocycles. The molecule has 106 valence electrons. The van der Waals surface area contributed by atoms with E-state index in [1.807, 2.05) is 0 Å². The van der Waals surface area contributed by atoms with Gasteiger partial charge in [-0.1, -0.05) is 64.1 Å². The Bertz CT molecular complexity index is 525. The summed E-state index contributed by atoms with van der Waals surface area (Å²) in [6, 6.07) is 14.0. The van der Waals surface area contributed by atoms with Gasteiger partial charge in [-0.15, -0.1) is 0 Å². The molecule has 0 bridgehead atoms. The first kappa shape index (κ1) is 14.8. The molecule has 0 saturated heterocycles. The minimum atomic E-state index is 1.10. The molecular weight excluding hydrogens is 240 g/mol. The van der Waals surface area contributed by atoms with Crippen LogP contribution in [0.15, 0.2) is 36.4 Å². The van der Waals surface area contributed by atoms with Gasteiger partial charge in [-0.2, -0.15) is 0 Å². The molecule has 0 saturated carbocycles. The maximum absolute atomic E-state index is 2.40. The quantitative estimate of drug-likeness (QED) is 0.660. The van der Waals surface area contributed by atoms with E-state index in [0.29, 0.717) is 0 Å². The molecule has 0 spiro atoms. The van der Waals surface area contributed by atoms with Crippen molar-refractivity contribution >= 4 is 0 Å². The third-order valence-corrected chi connectivity index (χ3v) is 4.22. The molecule has 0 unspecified atom stereocenters. The van der Waals surface area contributed by atoms with E-state index in [1.165, 1.54) is 33.4 Å². The first-order valence-electron chi connectivity index (χ1n) is 7.97. The smallest absolute Gasteiger partial charge is 0.0146 e. The van der Waals surface area contributed by atoms with Crippen LogP contribution in [0.3, 0.4) is 0 Å². The van der Waals surface area contributed by atoms with Gasteiger partial charge in [0.25, 0.3) is 0 Å². The predicted octanol–water partition coefficient (Wildman–Crippen LogP) is 5.60. The third kappa shape index (κ3) is 2.95. The number of benzene rings is 2. The fourth-order valence-corrected chi connectivity index (χ4v) is 2.81. The van der Waals surface area contributed by atoms with Gasteiger partial charge in [0.1, 0.15) is 0 Å². The number of rotatable bonds is 5. The molecule has 0 heteroatoms. The number of aryl methyl sites for hydroxylation is 4. The standard InChI is InChI=1S/C20H26/c1-5-15-9-11-17(7-3)19(13-15)20-14-16(6-2)10-12-18(20)8-4/h9-14H,5-8H2,1-4H3. The van der Waals surface area contributed by atoms with Gasteiger partial charge in [0, 0.05) is 0 Å². The molecule has 0 fully saturated rings. The molecule has 0 aliphatic rings. The van der Waals surface area contributed by atoms with Crippen LogP contribution < -0.4 is 0 Å². The van der Waals surface area contributed by atoms with Crippen molar-refractivity contribution in [1.82, 2.24) is 0 Å². The second kappa shape index (κ2) is 6.74. The summed E-state index contributed by atoms with van der Waals surface area (Å²) in [5.41, 5.74) is 8.68. The Kier molecular flexibility index (Phi) is 5.00. The number of hydrogen-bond acceptors (Lipinski definition) is 0. The lowest BCUT2D eigenvalue weighted by Crippen LogP contribution is -1.96. The summed E-state index contributed by atoms with van der Waals surface area (Å²) in [6.07, 6.45) is 4.40. The summed E-state index contributed by atoms with van der Waals surface area (Å²) in [7, 11) is 0. The zero-order valence-electron chi connectivity index (χ0n) is 13.3. The Morgan fingerprint density at radius 2 is 0.950 bits per heavy atom. The lowest BCUT2D eigenvalue weighted by atomic mass is 9.90. The van der Waals surface area contributed by atoms with Gasteiger partial charge in [-0.05, 0) is 59.1 Å². The van der Waals surface area contributed by atoms with Gasteiger partial charge in [0.15, 0.2) is 0 Å². The molecule has 0 amide bonds. The fourth-order valence-electron chi connectivity index (χ4n) is 2.81. The first-order chi connectivity index (χ1) is 9.73. The van der Waals surface area contributed by atoms with Gasteiger partial charge in [0.05, 0.1) is 0 Å². The summed E-state index contributed by atoms with van der Waals surface area (Å²) >= 11 is 0. The van der Waals surface area contributed by atoms with E-state index in [0.717, 1.165) is 25.7 Å². The van der Waals surface area contributed by atoms with Crippen molar-refractivity contribution < 1.29 is 0 Å². The van der Waals surface area contributed by atoms with Crippen LogP contribution >= 0.6 is 0 Å². The highest BCUT2D eigenvalue weighted by Gasteiger charge is 2.09. The highest BCUT2D eigenvalue weighted by molar-refractivity contribution is 5.72.